The van der Waals surface area contributed by atoms with Gasteiger partial charge in [-0.2, -0.15) is 0 Å². The molecule has 0 aromatic heterocycles. The lowest BCUT2D eigenvalue weighted by Crippen LogP contribution is -2.26. The molecule has 0 aliphatic rings. The summed E-state index contributed by atoms with van der Waals surface area (Å²) in [4.78, 5) is 0. The van der Waals surface area contributed by atoms with E-state index in [-0.39, 0.29) is 25.1 Å². The Morgan fingerprint density at radius 3 is 2.00 bits per heavy atom. The van der Waals surface area contributed by atoms with Crippen LogP contribution in [0.1, 0.15) is 5.56 Å². The Morgan fingerprint density at radius 2 is 1.44 bits per heavy atom. The van der Waals surface area contributed by atoms with Gasteiger partial charge in [0.05, 0.1) is 6.61 Å². The smallest absolute Gasteiger partial charge is 0.0585 e. The predicted molar refractivity (Wildman–Crippen MR) is 77.9 cm³/mol. The van der Waals surface area contributed by atoms with E-state index in [9.17, 15) is 0 Å². The highest BCUT2D eigenvalue weighted by Crippen LogP contribution is 2.19. The molecule has 2 rings (SSSR count). The van der Waals surface area contributed by atoms with Crippen molar-refractivity contribution in [2.24, 2.45) is 5.73 Å². The number of nitrogens with two attached hydrogens (primary N) is 1. The van der Waals surface area contributed by atoms with Crippen LogP contribution in [0.3, 0.4) is 0 Å². The summed E-state index contributed by atoms with van der Waals surface area (Å²) in [5.74, 6) is 0. The molecule has 18 heavy (non-hydrogen) atoms. The van der Waals surface area contributed by atoms with E-state index in [0.29, 0.717) is 6.42 Å². The molecule has 2 nitrogen and oxygen atoms in total. The van der Waals surface area contributed by atoms with Gasteiger partial charge >= 0.3 is 0 Å². The van der Waals surface area contributed by atoms with Crippen LogP contribution in [0, 0.1) is 0 Å². The van der Waals surface area contributed by atoms with E-state index in [1.807, 2.05) is 18.2 Å². The lowest BCUT2D eigenvalue weighted by atomic mass is 10.0. The average Bonchev–Trinajstić information content (AvgIpc) is 2.40. The Kier molecular flexibility index (Phi) is 5.86. The number of halogens is 1. The maximum absolute atomic E-state index is 8.90. The number of aliphatic hydroxyl groups is 1. The van der Waals surface area contributed by atoms with Gasteiger partial charge in [-0.1, -0.05) is 54.6 Å². The molecule has 0 spiro atoms. The standard InChI is InChI=1S/C15H17NO.ClH/c16-15(11-17)10-12-6-8-14(9-7-12)13-4-2-1-3-5-13;/h1-9,15,17H,10-11,16H2;1H. The van der Waals surface area contributed by atoms with Crippen LogP contribution < -0.4 is 5.73 Å². The molecule has 0 aliphatic carbocycles. The van der Waals surface area contributed by atoms with Crippen molar-refractivity contribution in [3.63, 3.8) is 0 Å². The fourth-order valence-corrected chi connectivity index (χ4v) is 1.83. The van der Waals surface area contributed by atoms with Gasteiger partial charge in [0, 0.05) is 6.04 Å². The molecule has 0 aliphatic heterocycles. The molecule has 3 N–H and O–H groups in total. The first-order chi connectivity index (χ1) is 8.29. The van der Waals surface area contributed by atoms with Crippen LogP contribution in [0.25, 0.3) is 11.1 Å². The Hall–Kier alpha value is -1.35. The van der Waals surface area contributed by atoms with E-state index in [2.05, 4.69) is 36.4 Å². The van der Waals surface area contributed by atoms with E-state index >= 15 is 0 Å². The summed E-state index contributed by atoms with van der Waals surface area (Å²) in [6.07, 6.45) is 0.714. The van der Waals surface area contributed by atoms with Crippen molar-refractivity contribution in [2.45, 2.75) is 12.5 Å². The summed E-state index contributed by atoms with van der Waals surface area (Å²) in [5, 5.41) is 8.90. The van der Waals surface area contributed by atoms with Gasteiger partial charge in [-0.05, 0) is 23.1 Å². The van der Waals surface area contributed by atoms with Gasteiger partial charge in [0.25, 0.3) is 0 Å². The molecule has 0 saturated heterocycles. The molecule has 0 heterocycles. The molecule has 1 unspecified atom stereocenters. The Labute approximate surface area is 114 Å². The van der Waals surface area contributed by atoms with Crippen LogP contribution in [0.4, 0.5) is 0 Å². The maximum atomic E-state index is 8.90. The van der Waals surface area contributed by atoms with Crippen LogP contribution in [-0.4, -0.2) is 17.8 Å². The van der Waals surface area contributed by atoms with Gasteiger partial charge in [0.15, 0.2) is 0 Å². The van der Waals surface area contributed by atoms with Crippen molar-refractivity contribution in [3.8, 4) is 11.1 Å². The molecule has 2 aromatic carbocycles. The summed E-state index contributed by atoms with van der Waals surface area (Å²) in [6.45, 7) is 0.0282. The predicted octanol–water partition coefficient (Wildman–Crippen LogP) is 2.64. The van der Waals surface area contributed by atoms with Crippen molar-refractivity contribution < 1.29 is 5.11 Å². The first kappa shape index (κ1) is 14.7. The molecule has 0 radical (unpaired) electrons. The van der Waals surface area contributed by atoms with Crippen molar-refractivity contribution >= 4 is 12.4 Å². The lowest BCUT2D eigenvalue weighted by Gasteiger charge is -2.08. The Balaban J connectivity index is 0.00000162. The summed E-state index contributed by atoms with van der Waals surface area (Å²) in [7, 11) is 0. The highest BCUT2D eigenvalue weighted by Gasteiger charge is 2.02. The molecule has 2 aromatic rings. The van der Waals surface area contributed by atoms with Crippen molar-refractivity contribution in [1.29, 1.82) is 0 Å². The highest BCUT2D eigenvalue weighted by atomic mass is 35.5. The summed E-state index contributed by atoms with van der Waals surface area (Å²) < 4.78 is 0. The van der Waals surface area contributed by atoms with Crippen LogP contribution in [0.5, 0.6) is 0 Å². The van der Waals surface area contributed by atoms with Gasteiger partial charge < -0.3 is 10.8 Å². The van der Waals surface area contributed by atoms with Crippen molar-refractivity contribution in [2.75, 3.05) is 6.61 Å². The molecular formula is C15H18ClNO. The minimum absolute atomic E-state index is 0. The van der Waals surface area contributed by atoms with Crippen LogP contribution >= 0.6 is 12.4 Å². The molecule has 0 fully saturated rings. The fraction of sp³-hybridized carbons (Fsp3) is 0.200. The molecule has 3 heteroatoms. The molecular weight excluding hydrogens is 246 g/mol. The van der Waals surface area contributed by atoms with Gasteiger partial charge in [-0.25, -0.2) is 0 Å². The summed E-state index contributed by atoms with van der Waals surface area (Å²) in [6, 6.07) is 18.4. The third-order valence-electron chi connectivity index (χ3n) is 2.79. The monoisotopic (exact) mass is 263 g/mol. The summed E-state index contributed by atoms with van der Waals surface area (Å²) in [5.41, 5.74) is 9.28. The van der Waals surface area contributed by atoms with Crippen molar-refractivity contribution in [1.82, 2.24) is 0 Å². The zero-order chi connectivity index (χ0) is 12.1. The van der Waals surface area contributed by atoms with Gasteiger partial charge in [-0.3, -0.25) is 0 Å². The third kappa shape index (κ3) is 3.84. The van der Waals surface area contributed by atoms with Crippen LogP contribution in [-0.2, 0) is 6.42 Å². The van der Waals surface area contributed by atoms with Crippen molar-refractivity contribution in [3.05, 3.63) is 60.2 Å². The zero-order valence-electron chi connectivity index (χ0n) is 10.1. The minimum atomic E-state index is -0.169. The zero-order valence-corrected chi connectivity index (χ0v) is 10.9. The van der Waals surface area contributed by atoms with E-state index in [1.165, 1.54) is 11.1 Å². The van der Waals surface area contributed by atoms with E-state index < -0.39 is 0 Å². The van der Waals surface area contributed by atoms with Gasteiger partial charge in [0.2, 0.25) is 0 Å². The quantitative estimate of drug-likeness (QED) is 0.891. The number of hydrogen-bond acceptors (Lipinski definition) is 2. The second kappa shape index (κ2) is 7.17. The Morgan fingerprint density at radius 1 is 0.889 bits per heavy atom. The molecule has 0 saturated carbocycles. The van der Waals surface area contributed by atoms with E-state index in [4.69, 9.17) is 10.8 Å². The third-order valence-corrected chi connectivity index (χ3v) is 2.79. The van der Waals surface area contributed by atoms with Crippen LogP contribution in [0.2, 0.25) is 0 Å². The summed E-state index contributed by atoms with van der Waals surface area (Å²) >= 11 is 0. The van der Waals surface area contributed by atoms with E-state index in [1.54, 1.807) is 0 Å². The first-order valence-corrected chi connectivity index (χ1v) is 5.80. The number of benzene rings is 2. The minimum Gasteiger partial charge on any atom is -0.395 e. The largest absolute Gasteiger partial charge is 0.395 e. The normalized spacial score (nSPS) is 11.7. The second-order valence-electron chi connectivity index (χ2n) is 4.21. The lowest BCUT2D eigenvalue weighted by molar-refractivity contribution is 0.265. The topological polar surface area (TPSA) is 46.2 Å². The van der Waals surface area contributed by atoms with E-state index in [0.717, 1.165) is 5.56 Å². The Bertz CT molecular complexity index is 456. The van der Waals surface area contributed by atoms with Gasteiger partial charge in [0.1, 0.15) is 0 Å². The van der Waals surface area contributed by atoms with Crippen LogP contribution in [0.15, 0.2) is 54.6 Å². The molecule has 0 bridgehead atoms. The second-order valence-corrected chi connectivity index (χ2v) is 4.21. The first-order valence-electron chi connectivity index (χ1n) is 5.80. The molecule has 1 atom stereocenters. The highest BCUT2D eigenvalue weighted by molar-refractivity contribution is 5.85. The number of rotatable bonds is 4. The molecule has 0 amide bonds. The number of aliphatic hydroxyl groups excluding tert-OH is 1. The fourth-order valence-electron chi connectivity index (χ4n) is 1.83. The average molecular weight is 264 g/mol. The number of hydrogen-bond donors (Lipinski definition) is 2. The maximum Gasteiger partial charge on any atom is 0.0585 e. The SMILES string of the molecule is Cl.NC(CO)Cc1ccc(-c2ccccc2)cc1. The van der Waals surface area contributed by atoms with Gasteiger partial charge in [-0.15, -0.1) is 12.4 Å². The molecule has 96 valence electrons.